The predicted molar refractivity (Wildman–Crippen MR) is 42.5 cm³/mol. The van der Waals surface area contributed by atoms with Crippen molar-refractivity contribution in [2.24, 2.45) is 0 Å². The average Bonchev–Trinajstić information content (AvgIpc) is 1.97. The van der Waals surface area contributed by atoms with Crippen molar-refractivity contribution in [3.8, 4) is 0 Å². The topological polar surface area (TPSA) is 40.1 Å². The van der Waals surface area contributed by atoms with Gasteiger partial charge in [-0.15, -0.1) is 0 Å². The molecule has 0 N–H and O–H groups in total. The first-order valence-electron chi connectivity index (χ1n) is 2.68. The van der Waals surface area contributed by atoms with Crippen LogP contribution in [0.15, 0.2) is 24.3 Å². The fraction of sp³-hybridized carbons (Fsp3) is 0. The van der Waals surface area contributed by atoms with Gasteiger partial charge in [0, 0.05) is 6.47 Å². The number of benzene rings is 1. The summed E-state index contributed by atoms with van der Waals surface area (Å²) >= 11 is 11.2. The molecule has 0 heterocycles. The van der Waals surface area contributed by atoms with Crippen molar-refractivity contribution in [3.63, 3.8) is 0 Å². The maximum atomic E-state index is 8.25. The summed E-state index contributed by atoms with van der Waals surface area (Å²) in [6.07, 6.45) is 0. The summed E-state index contributed by atoms with van der Waals surface area (Å²) in [5.41, 5.74) is 0. The van der Waals surface area contributed by atoms with Gasteiger partial charge < -0.3 is 9.90 Å². The van der Waals surface area contributed by atoms with Crippen molar-refractivity contribution in [1.82, 2.24) is 0 Å². The van der Waals surface area contributed by atoms with Crippen LogP contribution in [0.2, 0.25) is 10.0 Å². The van der Waals surface area contributed by atoms with Crippen LogP contribution in [0.3, 0.4) is 0 Å². The van der Waals surface area contributed by atoms with Crippen molar-refractivity contribution in [1.29, 1.82) is 0 Å². The molecule has 0 aliphatic carbocycles. The number of halogens is 2. The molecule has 0 spiro atoms. The van der Waals surface area contributed by atoms with Gasteiger partial charge in [0.1, 0.15) is 0 Å². The number of rotatable bonds is 0. The minimum absolute atomic E-state index is 0. The predicted octanol–water partition coefficient (Wildman–Crippen LogP) is 1.36. The van der Waals surface area contributed by atoms with E-state index in [9.17, 15) is 0 Å². The Morgan fingerprint density at radius 3 is 1.58 bits per heavy atom. The third-order valence-electron chi connectivity index (χ3n) is 0.824. The molecule has 0 aliphatic rings. The van der Waals surface area contributed by atoms with Crippen LogP contribution in [-0.2, 0) is 27.2 Å². The van der Waals surface area contributed by atoms with Crippen molar-refractivity contribution >= 4 is 29.7 Å². The molecule has 0 fully saturated rings. The van der Waals surface area contributed by atoms with E-state index in [1.54, 1.807) is 12.1 Å². The van der Waals surface area contributed by atoms with Gasteiger partial charge in [-0.3, -0.25) is 0 Å². The molecule has 5 heteroatoms. The Labute approximate surface area is 96.0 Å². The molecule has 0 amide bonds. The molecule has 0 aliphatic heterocycles. The normalized spacial score (nSPS) is 7.17. The third-order valence-corrected chi connectivity index (χ3v) is 1.58. The Balaban J connectivity index is 0. The van der Waals surface area contributed by atoms with Gasteiger partial charge in [-0.2, -0.15) is 0 Å². The Bertz CT molecular complexity index is 209. The van der Waals surface area contributed by atoms with Crippen molar-refractivity contribution in [2.45, 2.75) is 0 Å². The second-order valence-corrected chi connectivity index (χ2v) is 2.32. The van der Waals surface area contributed by atoms with E-state index < -0.39 is 6.47 Å². The van der Waals surface area contributed by atoms with Crippen LogP contribution in [0.1, 0.15) is 0 Å². The second kappa shape index (κ2) is 9.10. The maximum absolute atomic E-state index is 8.25. The van der Waals surface area contributed by atoms with Gasteiger partial charge in [0.25, 0.3) is 0 Å². The molecule has 1 aromatic carbocycles. The summed E-state index contributed by atoms with van der Waals surface area (Å²) < 4.78 is 0. The standard InChI is InChI=1S/C6H4Cl2.CH2O2.Ag/c7-5-3-1-2-4-6(5)8;2-1-3;/h1-4H;1H,(H,2,3);/q;;+1/p-1. The Morgan fingerprint density at radius 1 is 1.17 bits per heavy atom. The summed E-state index contributed by atoms with van der Waals surface area (Å²) in [5, 5.41) is 9.46. The molecule has 1 rings (SSSR count). The van der Waals surface area contributed by atoms with Gasteiger partial charge in [-0.1, -0.05) is 35.3 Å². The number of carboxylic acid groups (broad SMARTS) is 1. The number of hydrogen-bond acceptors (Lipinski definition) is 2. The molecule has 2 nitrogen and oxygen atoms in total. The Hall–Kier alpha value is 0.0103. The summed E-state index contributed by atoms with van der Waals surface area (Å²) in [7, 11) is 0. The maximum Gasteiger partial charge on any atom is 1.00 e. The molecule has 0 saturated heterocycles. The van der Waals surface area contributed by atoms with E-state index in [1.165, 1.54) is 0 Å². The summed E-state index contributed by atoms with van der Waals surface area (Å²) in [5.74, 6) is 0. The smallest absolute Gasteiger partial charge is 0.554 e. The van der Waals surface area contributed by atoms with Crippen molar-refractivity contribution in [3.05, 3.63) is 34.3 Å². The fourth-order valence-electron chi connectivity index (χ4n) is 0.439. The van der Waals surface area contributed by atoms with Crippen molar-refractivity contribution in [2.75, 3.05) is 0 Å². The Morgan fingerprint density at radius 2 is 1.42 bits per heavy atom. The zero-order valence-electron chi connectivity index (χ0n) is 5.76. The summed E-state index contributed by atoms with van der Waals surface area (Å²) in [4.78, 5) is 8.25. The molecule has 0 bridgehead atoms. The van der Waals surface area contributed by atoms with Gasteiger partial charge in [0.15, 0.2) is 0 Å². The number of carbonyl (C=O) groups excluding carboxylic acids is 1. The molecule has 1 aromatic rings. The van der Waals surface area contributed by atoms with E-state index in [-0.39, 0.29) is 22.4 Å². The van der Waals surface area contributed by atoms with Crippen LogP contribution in [0, 0.1) is 0 Å². The average molecular weight is 300 g/mol. The largest absolute Gasteiger partial charge is 1.00 e. The Kier molecular flexibility index (Phi) is 11.0. The minimum Gasteiger partial charge on any atom is -0.554 e. The van der Waals surface area contributed by atoms with E-state index in [1.807, 2.05) is 12.1 Å². The van der Waals surface area contributed by atoms with E-state index in [2.05, 4.69) is 0 Å². The molecule has 0 atom stereocenters. The molecule has 0 aromatic heterocycles. The van der Waals surface area contributed by atoms with Crippen LogP contribution >= 0.6 is 23.2 Å². The molecule has 0 saturated carbocycles. The van der Waals surface area contributed by atoms with Crippen LogP contribution in [0.5, 0.6) is 0 Å². The molecule has 0 radical (unpaired) electrons. The number of carbonyl (C=O) groups is 1. The zero-order valence-corrected chi connectivity index (χ0v) is 8.75. The van der Waals surface area contributed by atoms with Gasteiger partial charge in [0.05, 0.1) is 10.0 Å². The quantitative estimate of drug-likeness (QED) is 0.536. The SMILES string of the molecule is Clc1ccccc1Cl.O=C[O-].[Ag+]. The number of hydrogen-bond donors (Lipinski definition) is 0. The molecular formula is C7H5AgCl2O2. The molecule has 0 unspecified atom stereocenters. The molecule has 70 valence electrons. The minimum atomic E-state index is -0.500. The van der Waals surface area contributed by atoms with Crippen LogP contribution < -0.4 is 5.11 Å². The van der Waals surface area contributed by atoms with Gasteiger partial charge in [-0.05, 0) is 12.1 Å². The van der Waals surface area contributed by atoms with Gasteiger partial charge in [-0.25, -0.2) is 0 Å². The second-order valence-electron chi connectivity index (χ2n) is 1.51. The van der Waals surface area contributed by atoms with E-state index in [0.717, 1.165) is 0 Å². The van der Waals surface area contributed by atoms with Gasteiger partial charge >= 0.3 is 22.4 Å². The van der Waals surface area contributed by atoms with Gasteiger partial charge in [0.2, 0.25) is 0 Å². The monoisotopic (exact) mass is 298 g/mol. The first-order chi connectivity index (χ1) is 5.22. The fourth-order valence-corrected chi connectivity index (χ4v) is 0.711. The first-order valence-corrected chi connectivity index (χ1v) is 3.43. The zero-order chi connectivity index (χ0) is 8.69. The van der Waals surface area contributed by atoms with E-state index in [4.69, 9.17) is 33.1 Å². The third kappa shape index (κ3) is 6.70. The molecule has 12 heavy (non-hydrogen) atoms. The van der Waals surface area contributed by atoms with Crippen LogP contribution in [0.25, 0.3) is 0 Å². The van der Waals surface area contributed by atoms with E-state index in [0.29, 0.717) is 10.0 Å². The molecular weight excluding hydrogens is 295 g/mol. The van der Waals surface area contributed by atoms with E-state index >= 15 is 0 Å². The summed E-state index contributed by atoms with van der Waals surface area (Å²) in [6, 6.07) is 7.19. The van der Waals surface area contributed by atoms with Crippen molar-refractivity contribution < 1.29 is 32.3 Å². The summed E-state index contributed by atoms with van der Waals surface area (Å²) in [6.45, 7) is -0.500. The van der Waals surface area contributed by atoms with Crippen LogP contribution in [0.4, 0.5) is 0 Å². The van der Waals surface area contributed by atoms with Crippen LogP contribution in [-0.4, -0.2) is 6.47 Å². The first kappa shape index (κ1) is 14.5.